The third-order valence-corrected chi connectivity index (χ3v) is 3.65. The summed E-state index contributed by atoms with van der Waals surface area (Å²) in [6.45, 7) is 8.47. The Morgan fingerprint density at radius 3 is 2.81 bits per heavy atom. The van der Waals surface area contributed by atoms with Crippen molar-refractivity contribution in [1.82, 2.24) is 9.97 Å². The van der Waals surface area contributed by atoms with Crippen molar-refractivity contribution in [3.05, 3.63) is 11.4 Å². The van der Waals surface area contributed by atoms with E-state index in [2.05, 4.69) is 29.1 Å². The van der Waals surface area contributed by atoms with Crippen molar-refractivity contribution in [3.8, 4) is 5.88 Å². The van der Waals surface area contributed by atoms with Crippen LogP contribution in [0.4, 0.5) is 5.82 Å². The van der Waals surface area contributed by atoms with Crippen LogP contribution in [0.3, 0.4) is 0 Å². The lowest BCUT2D eigenvalue weighted by Crippen LogP contribution is -2.26. The highest BCUT2D eigenvalue weighted by Gasteiger charge is 2.17. The van der Waals surface area contributed by atoms with E-state index in [9.17, 15) is 0 Å². The molecule has 1 N–H and O–H groups in total. The minimum absolute atomic E-state index is 0.199. The molecule has 5 heteroatoms. The first kappa shape index (κ1) is 16.0. The van der Waals surface area contributed by atoms with E-state index in [-0.39, 0.29) is 6.10 Å². The van der Waals surface area contributed by atoms with Gasteiger partial charge in [0.15, 0.2) is 0 Å². The summed E-state index contributed by atoms with van der Waals surface area (Å²) in [6.07, 6.45) is 5.56. The molecular formula is C16H27N3O2. The predicted octanol–water partition coefficient (Wildman–Crippen LogP) is 3.12. The van der Waals surface area contributed by atoms with Crippen LogP contribution >= 0.6 is 0 Å². The lowest BCUT2D eigenvalue weighted by Gasteiger charge is -2.23. The molecular weight excluding hydrogens is 266 g/mol. The number of nitrogens with zero attached hydrogens (tertiary/aromatic N) is 2. The third kappa shape index (κ3) is 4.56. The van der Waals surface area contributed by atoms with Crippen LogP contribution in [0.15, 0.2) is 0 Å². The molecule has 1 saturated heterocycles. The van der Waals surface area contributed by atoms with E-state index in [4.69, 9.17) is 9.47 Å². The van der Waals surface area contributed by atoms with Crippen LogP contribution in [0.2, 0.25) is 0 Å². The molecule has 5 nitrogen and oxygen atoms in total. The first-order valence-corrected chi connectivity index (χ1v) is 8.10. The first-order chi connectivity index (χ1) is 10.2. The van der Waals surface area contributed by atoms with Gasteiger partial charge in [0, 0.05) is 19.6 Å². The van der Waals surface area contributed by atoms with Crippen LogP contribution in [-0.2, 0) is 11.2 Å². The summed E-state index contributed by atoms with van der Waals surface area (Å²) in [7, 11) is 0. The van der Waals surface area contributed by atoms with Gasteiger partial charge in [-0.05, 0) is 39.5 Å². The summed E-state index contributed by atoms with van der Waals surface area (Å²) in [4.78, 5) is 9.13. The molecule has 0 saturated carbocycles. The van der Waals surface area contributed by atoms with Crippen LogP contribution in [0.1, 0.15) is 50.9 Å². The van der Waals surface area contributed by atoms with Crippen molar-refractivity contribution >= 4 is 5.82 Å². The van der Waals surface area contributed by atoms with E-state index < -0.39 is 0 Å². The Hall–Kier alpha value is -1.36. The summed E-state index contributed by atoms with van der Waals surface area (Å²) in [5.41, 5.74) is 0.979. The zero-order valence-electron chi connectivity index (χ0n) is 13.4. The largest absolute Gasteiger partial charge is 0.475 e. The fourth-order valence-electron chi connectivity index (χ4n) is 2.47. The standard InChI is InChI=1S/C16H27N3O2/c1-4-8-14-18-15(17-5-2)12(3)16(19-14)21-11-13-9-6-7-10-20-13/h13H,4-11H2,1-3H3,(H,17,18,19). The number of ether oxygens (including phenoxy) is 2. The monoisotopic (exact) mass is 293 g/mol. The Labute approximate surface area is 127 Å². The van der Waals surface area contributed by atoms with Gasteiger partial charge in [0.05, 0.1) is 11.7 Å². The molecule has 1 aromatic rings. The highest BCUT2D eigenvalue weighted by molar-refractivity contribution is 5.48. The topological polar surface area (TPSA) is 56.3 Å². The molecule has 1 aromatic heterocycles. The van der Waals surface area contributed by atoms with Crippen molar-refractivity contribution in [2.45, 2.75) is 59.0 Å². The molecule has 0 amide bonds. The molecule has 1 unspecified atom stereocenters. The molecule has 0 radical (unpaired) electrons. The van der Waals surface area contributed by atoms with Gasteiger partial charge in [-0.1, -0.05) is 6.92 Å². The van der Waals surface area contributed by atoms with E-state index in [0.717, 1.165) is 56.0 Å². The highest BCUT2D eigenvalue weighted by Crippen LogP contribution is 2.23. The summed E-state index contributed by atoms with van der Waals surface area (Å²) in [6, 6.07) is 0. The highest BCUT2D eigenvalue weighted by atomic mass is 16.5. The summed E-state index contributed by atoms with van der Waals surface area (Å²) < 4.78 is 11.6. The van der Waals surface area contributed by atoms with Crippen molar-refractivity contribution in [2.75, 3.05) is 25.1 Å². The molecule has 0 aliphatic carbocycles. The van der Waals surface area contributed by atoms with Gasteiger partial charge in [0.25, 0.3) is 0 Å². The van der Waals surface area contributed by atoms with Gasteiger partial charge in [-0.15, -0.1) is 0 Å². The van der Waals surface area contributed by atoms with Gasteiger partial charge in [-0.2, -0.15) is 4.98 Å². The molecule has 0 bridgehead atoms. The predicted molar refractivity (Wildman–Crippen MR) is 84.0 cm³/mol. The number of anilines is 1. The number of aromatic nitrogens is 2. The number of rotatable bonds is 7. The van der Waals surface area contributed by atoms with Crippen molar-refractivity contribution < 1.29 is 9.47 Å². The van der Waals surface area contributed by atoms with Crippen LogP contribution in [0.5, 0.6) is 5.88 Å². The fraction of sp³-hybridized carbons (Fsp3) is 0.750. The van der Waals surface area contributed by atoms with Crippen LogP contribution < -0.4 is 10.1 Å². The summed E-state index contributed by atoms with van der Waals surface area (Å²) >= 11 is 0. The maximum absolute atomic E-state index is 5.93. The molecule has 0 aromatic carbocycles. The van der Waals surface area contributed by atoms with E-state index in [1.54, 1.807) is 0 Å². The third-order valence-electron chi connectivity index (χ3n) is 3.65. The van der Waals surface area contributed by atoms with E-state index >= 15 is 0 Å². The van der Waals surface area contributed by atoms with E-state index in [1.807, 2.05) is 6.92 Å². The molecule has 2 rings (SSSR count). The Kier molecular flexibility index (Phi) is 6.23. The quantitative estimate of drug-likeness (QED) is 0.837. The fourth-order valence-corrected chi connectivity index (χ4v) is 2.47. The average molecular weight is 293 g/mol. The van der Waals surface area contributed by atoms with Gasteiger partial charge >= 0.3 is 0 Å². The second kappa shape index (κ2) is 8.17. The Morgan fingerprint density at radius 2 is 2.14 bits per heavy atom. The number of hydrogen-bond acceptors (Lipinski definition) is 5. The smallest absolute Gasteiger partial charge is 0.221 e. The van der Waals surface area contributed by atoms with Crippen LogP contribution in [0.25, 0.3) is 0 Å². The maximum atomic E-state index is 5.93. The average Bonchev–Trinajstić information content (AvgIpc) is 2.50. The summed E-state index contributed by atoms with van der Waals surface area (Å²) in [5.74, 6) is 2.42. The molecule has 118 valence electrons. The molecule has 2 heterocycles. The zero-order valence-corrected chi connectivity index (χ0v) is 13.4. The van der Waals surface area contributed by atoms with Gasteiger partial charge < -0.3 is 14.8 Å². The second-order valence-corrected chi connectivity index (χ2v) is 5.50. The molecule has 1 aliphatic rings. The normalized spacial score (nSPS) is 18.5. The van der Waals surface area contributed by atoms with Crippen molar-refractivity contribution in [3.63, 3.8) is 0 Å². The molecule has 1 atom stereocenters. The Balaban J connectivity index is 2.08. The molecule has 21 heavy (non-hydrogen) atoms. The second-order valence-electron chi connectivity index (χ2n) is 5.50. The number of nitrogens with one attached hydrogen (secondary N) is 1. The SMILES string of the molecule is CCCc1nc(NCC)c(C)c(OCC2CCCCO2)n1. The zero-order chi connectivity index (χ0) is 15.1. The minimum atomic E-state index is 0.199. The number of hydrogen-bond donors (Lipinski definition) is 1. The lowest BCUT2D eigenvalue weighted by atomic mass is 10.1. The Bertz CT molecular complexity index is 445. The maximum Gasteiger partial charge on any atom is 0.221 e. The van der Waals surface area contributed by atoms with Gasteiger partial charge in [-0.3, -0.25) is 0 Å². The van der Waals surface area contributed by atoms with Crippen molar-refractivity contribution in [2.24, 2.45) is 0 Å². The summed E-state index contributed by atoms with van der Waals surface area (Å²) in [5, 5.41) is 3.29. The van der Waals surface area contributed by atoms with Gasteiger partial charge in [0.2, 0.25) is 5.88 Å². The van der Waals surface area contributed by atoms with E-state index in [0.29, 0.717) is 12.5 Å². The van der Waals surface area contributed by atoms with Crippen LogP contribution in [-0.4, -0.2) is 35.8 Å². The molecule has 1 aliphatic heterocycles. The number of aryl methyl sites for hydroxylation is 1. The minimum Gasteiger partial charge on any atom is -0.475 e. The van der Waals surface area contributed by atoms with Crippen molar-refractivity contribution in [1.29, 1.82) is 0 Å². The van der Waals surface area contributed by atoms with Gasteiger partial charge in [0.1, 0.15) is 18.2 Å². The van der Waals surface area contributed by atoms with Crippen LogP contribution in [0, 0.1) is 6.92 Å². The van der Waals surface area contributed by atoms with Gasteiger partial charge in [-0.25, -0.2) is 4.98 Å². The first-order valence-electron chi connectivity index (χ1n) is 8.10. The Morgan fingerprint density at radius 1 is 1.29 bits per heavy atom. The van der Waals surface area contributed by atoms with E-state index in [1.165, 1.54) is 6.42 Å². The molecule has 1 fully saturated rings. The lowest BCUT2D eigenvalue weighted by molar-refractivity contribution is -0.0121. The molecule has 0 spiro atoms.